The second-order valence-corrected chi connectivity index (χ2v) is 7.26. The van der Waals surface area contributed by atoms with Gasteiger partial charge in [0.2, 0.25) is 0 Å². The molecule has 3 rings (SSSR count). The number of ether oxygens (including phenoxy) is 2. The number of hydrogen-bond acceptors (Lipinski definition) is 6. The highest BCUT2D eigenvalue weighted by Gasteiger charge is 2.16. The molecule has 0 N–H and O–H groups in total. The van der Waals surface area contributed by atoms with Crippen molar-refractivity contribution in [3.63, 3.8) is 0 Å². The van der Waals surface area contributed by atoms with E-state index in [1.165, 1.54) is 11.5 Å². The molecule has 0 spiro atoms. The van der Waals surface area contributed by atoms with Crippen molar-refractivity contribution in [3.05, 3.63) is 47.0 Å². The van der Waals surface area contributed by atoms with Crippen molar-refractivity contribution in [1.29, 1.82) is 0 Å². The molecule has 0 bridgehead atoms. The molecule has 0 radical (unpaired) electrons. The molecular weight excluding hydrogens is 384 g/mol. The first-order valence-electron chi connectivity index (χ1n) is 8.43. The van der Waals surface area contributed by atoms with Gasteiger partial charge in [-0.3, -0.25) is 0 Å². The average molecular weight is 403 g/mol. The lowest BCUT2D eigenvalue weighted by molar-refractivity contribution is -0.107. The maximum atomic E-state index is 10.9. The smallest absolute Gasteiger partial charge is 0.177 e. The molecule has 3 aromatic rings. The lowest BCUT2D eigenvalue weighted by Crippen LogP contribution is -2.05. The van der Waals surface area contributed by atoms with Crippen molar-refractivity contribution in [2.75, 3.05) is 7.11 Å². The Balaban J connectivity index is 1.95. The standard InChI is InChI=1S/C20H19ClN2O3S/c1-12(2)26-17-8-7-14(11-16(17)21)20-22-19(23-27-20)15-6-4-5-13(9-10-24)18(15)25-3/h4-8,10-12H,9H2,1-3H3. The Labute approximate surface area is 167 Å². The van der Waals surface area contributed by atoms with Crippen LogP contribution < -0.4 is 9.47 Å². The van der Waals surface area contributed by atoms with Crippen LogP contribution in [-0.4, -0.2) is 28.9 Å². The fourth-order valence-electron chi connectivity index (χ4n) is 2.69. The van der Waals surface area contributed by atoms with Crippen molar-refractivity contribution < 1.29 is 14.3 Å². The van der Waals surface area contributed by atoms with E-state index in [0.717, 1.165) is 28.0 Å². The van der Waals surface area contributed by atoms with Crippen LogP contribution in [0.25, 0.3) is 22.0 Å². The number of hydrogen-bond donors (Lipinski definition) is 0. The summed E-state index contributed by atoms with van der Waals surface area (Å²) in [5.74, 6) is 1.81. The number of aromatic nitrogens is 2. The van der Waals surface area contributed by atoms with Gasteiger partial charge < -0.3 is 14.3 Å². The summed E-state index contributed by atoms with van der Waals surface area (Å²) in [5.41, 5.74) is 2.42. The van der Waals surface area contributed by atoms with Gasteiger partial charge in [-0.2, -0.15) is 4.37 Å². The lowest BCUT2D eigenvalue weighted by atomic mass is 10.1. The lowest BCUT2D eigenvalue weighted by Gasteiger charge is -2.11. The van der Waals surface area contributed by atoms with Crippen molar-refractivity contribution in [3.8, 4) is 33.5 Å². The number of rotatable bonds is 7. The molecule has 7 heteroatoms. The first kappa shape index (κ1) is 19.3. The summed E-state index contributed by atoms with van der Waals surface area (Å²) in [7, 11) is 1.58. The number of benzene rings is 2. The zero-order valence-corrected chi connectivity index (χ0v) is 16.8. The molecule has 0 fully saturated rings. The third-order valence-corrected chi connectivity index (χ3v) is 4.87. The molecule has 27 heavy (non-hydrogen) atoms. The van der Waals surface area contributed by atoms with E-state index in [4.69, 9.17) is 21.1 Å². The van der Waals surface area contributed by atoms with E-state index in [-0.39, 0.29) is 12.5 Å². The van der Waals surface area contributed by atoms with Crippen LogP contribution in [0.5, 0.6) is 11.5 Å². The Hall–Kier alpha value is -2.44. The minimum Gasteiger partial charge on any atom is -0.496 e. The van der Waals surface area contributed by atoms with Gasteiger partial charge in [-0.1, -0.05) is 23.7 Å². The monoisotopic (exact) mass is 402 g/mol. The summed E-state index contributed by atoms with van der Waals surface area (Å²) in [4.78, 5) is 15.5. The SMILES string of the molecule is COc1c(CC=O)cccc1-c1nsc(-c2ccc(OC(C)C)c(Cl)c2)n1. The van der Waals surface area contributed by atoms with Crippen LogP contribution in [-0.2, 0) is 11.2 Å². The molecule has 0 aliphatic heterocycles. The molecule has 140 valence electrons. The molecule has 0 aliphatic carbocycles. The third-order valence-electron chi connectivity index (χ3n) is 3.81. The van der Waals surface area contributed by atoms with Gasteiger partial charge in [0.05, 0.1) is 23.8 Å². The number of methoxy groups -OCH3 is 1. The van der Waals surface area contributed by atoms with Crippen LogP contribution in [0.3, 0.4) is 0 Å². The molecule has 2 aromatic carbocycles. The Morgan fingerprint density at radius 2 is 2.07 bits per heavy atom. The van der Waals surface area contributed by atoms with E-state index in [1.54, 1.807) is 7.11 Å². The molecule has 5 nitrogen and oxygen atoms in total. The highest BCUT2D eigenvalue weighted by Crippen LogP contribution is 2.36. The van der Waals surface area contributed by atoms with Crippen molar-refractivity contribution in [2.24, 2.45) is 0 Å². The normalized spacial score (nSPS) is 10.9. The van der Waals surface area contributed by atoms with E-state index in [0.29, 0.717) is 22.3 Å². The molecule has 0 saturated carbocycles. The summed E-state index contributed by atoms with van der Waals surface area (Å²) in [6, 6.07) is 11.2. The largest absolute Gasteiger partial charge is 0.496 e. The van der Waals surface area contributed by atoms with Gasteiger partial charge in [-0.15, -0.1) is 0 Å². The fourth-order valence-corrected chi connectivity index (χ4v) is 3.58. The molecule has 1 heterocycles. The summed E-state index contributed by atoms with van der Waals surface area (Å²) in [5, 5.41) is 1.27. The zero-order chi connectivity index (χ0) is 19.4. The van der Waals surface area contributed by atoms with Gasteiger partial charge in [-0.05, 0) is 49.6 Å². The van der Waals surface area contributed by atoms with Gasteiger partial charge in [0, 0.05) is 17.5 Å². The quantitative estimate of drug-likeness (QED) is 0.517. The number of para-hydroxylation sites is 1. The predicted molar refractivity (Wildman–Crippen MR) is 108 cm³/mol. The van der Waals surface area contributed by atoms with Crippen molar-refractivity contribution >= 4 is 29.4 Å². The van der Waals surface area contributed by atoms with Crippen LogP contribution in [0.1, 0.15) is 19.4 Å². The van der Waals surface area contributed by atoms with Crippen molar-refractivity contribution in [1.82, 2.24) is 9.36 Å². The van der Waals surface area contributed by atoms with Crippen LogP contribution in [0, 0.1) is 0 Å². The molecule has 0 atom stereocenters. The van der Waals surface area contributed by atoms with Crippen molar-refractivity contribution in [2.45, 2.75) is 26.4 Å². The molecule has 0 unspecified atom stereocenters. The highest BCUT2D eigenvalue weighted by molar-refractivity contribution is 7.09. The van der Waals surface area contributed by atoms with Gasteiger partial charge in [0.15, 0.2) is 5.82 Å². The fraction of sp³-hybridized carbons (Fsp3) is 0.250. The van der Waals surface area contributed by atoms with Gasteiger partial charge in [0.1, 0.15) is 22.8 Å². The zero-order valence-electron chi connectivity index (χ0n) is 15.2. The van der Waals surface area contributed by atoms with Gasteiger partial charge in [-0.25, -0.2) is 4.98 Å². The van der Waals surface area contributed by atoms with E-state index in [9.17, 15) is 4.79 Å². The number of carbonyl (C=O) groups is 1. The van der Waals surface area contributed by atoms with E-state index >= 15 is 0 Å². The Morgan fingerprint density at radius 1 is 1.26 bits per heavy atom. The minimum atomic E-state index is 0.0487. The highest BCUT2D eigenvalue weighted by atomic mass is 35.5. The third kappa shape index (κ3) is 4.28. The summed E-state index contributed by atoms with van der Waals surface area (Å²) >= 11 is 7.61. The average Bonchev–Trinajstić information content (AvgIpc) is 3.13. The first-order valence-corrected chi connectivity index (χ1v) is 9.58. The minimum absolute atomic E-state index is 0.0487. The Bertz CT molecular complexity index is 956. The maximum absolute atomic E-state index is 10.9. The summed E-state index contributed by atoms with van der Waals surface area (Å²) in [6.07, 6.45) is 1.18. The second-order valence-electron chi connectivity index (χ2n) is 6.10. The van der Waals surface area contributed by atoms with E-state index in [1.807, 2.05) is 50.2 Å². The number of halogens is 1. The number of aldehydes is 1. The summed E-state index contributed by atoms with van der Waals surface area (Å²) in [6.45, 7) is 3.90. The number of nitrogens with zero attached hydrogens (tertiary/aromatic N) is 2. The van der Waals surface area contributed by atoms with Crippen LogP contribution >= 0.6 is 23.1 Å². The summed E-state index contributed by atoms with van der Waals surface area (Å²) < 4.78 is 15.6. The molecule has 0 amide bonds. The maximum Gasteiger partial charge on any atom is 0.177 e. The van der Waals surface area contributed by atoms with Gasteiger partial charge >= 0.3 is 0 Å². The molecule has 1 aromatic heterocycles. The topological polar surface area (TPSA) is 61.3 Å². The molecule has 0 saturated heterocycles. The van der Waals surface area contributed by atoms with Crippen LogP contribution in [0.2, 0.25) is 5.02 Å². The van der Waals surface area contributed by atoms with E-state index in [2.05, 4.69) is 9.36 Å². The second kappa shape index (κ2) is 8.50. The number of carbonyl (C=O) groups excluding carboxylic acids is 1. The molecule has 0 aliphatic rings. The van der Waals surface area contributed by atoms with Crippen LogP contribution in [0.15, 0.2) is 36.4 Å². The molecular formula is C20H19ClN2O3S. The predicted octanol–water partition coefficient (Wildman–Crippen LogP) is 5.06. The Kier molecular flexibility index (Phi) is 6.08. The first-order chi connectivity index (χ1) is 13.0. The Morgan fingerprint density at radius 3 is 2.74 bits per heavy atom. The van der Waals surface area contributed by atoms with E-state index < -0.39 is 0 Å². The van der Waals surface area contributed by atoms with Gasteiger partial charge in [0.25, 0.3) is 0 Å². The van der Waals surface area contributed by atoms with Crippen LogP contribution in [0.4, 0.5) is 0 Å².